The van der Waals surface area contributed by atoms with Crippen LogP contribution in [-0.2, 0) is 4.79 Å². The van der Waals surface area contributed by atoms with E-state index in [-0.39, 0.29) is 0 Å². The first-order chi connectivity index (χ1) is 5.86. The fourth-order valence-electron chi connectivity index (χ4n) is 0.722. The molecule has 1 aromatic rings. The first-order valence-electron chi connectivity index (χ1n) is 3.10. The van der Waals surface area contributed by atoms with Gasteiger partial charge in [-0.3, -0.25) is 0 Å². The minimum absolute atomic E-state index is 0.356. The molecular weight excluding hydrogens is 156 g/mol. The molecule has 0 unspecified atom stereocenters. The van der Waals surface area contributed by atoms with Gasteiger partial charge < -0.3 is 4.74 Å². The first kappa shape index (κ1) is 7.99. The minimum atomic E-state index is 0.356. The predicted molar refractivity (Wildman–Crippen MR) is 40.5 cm³/mol. The lowest BCUT2D eigenvalue weighted by atomic mass is 10.3. The van der Waals surface area contributed by atoms with Crippen molar-refractivity contribution in [2.24, 2.45) is 4.99 Å². The molecule has 1 aromatic carbocycles. The van der Waals surface area contributed by atoms with Crippen molar-refractivity contribution in [1.29, 1.82) is 5.26 Å². The molecule has 0 saturated heterocycles. The Balaban J connectivity index is 2.97. The van der Waals surface area contributed by atoms with Crippen LogP contribution < -0.4 is 4.74 Å². The number of hydrogen-bond acceptors (Lipinski definition) is 4. The van der Waals surface area contributed by atoms with Crippen LogP contribution in [-0.4, -0.2) is 6.08 Å². The molecule has 58 valence electrons. The molecule has 0 amide bonds. The molecule has 0 heterocycles. The lowest BCUT2D eigenvalue weighted by Gasteiger charge is -1.94. The summed E-state index contributed by atoms with van der Waals surface area (Å²) in [5.41, 5.74) is 0.415. The van der Waals surface area contributed by atoms with Gasteiger partial charge in [0.15, 0.2) is 0 Å². The second-order valence-corrected chi connectivity index (χ2v) is 1.89. The van der Waals surface area contributed by atoms with Gasteiger partial charge >= 0.3 is 0 Å². The molecule has 0 spiro atoms. The molecule has 0 saturated carbocycles. The Labute approximate surface area is 68.7 Å². The highest BCUT2D eigenvalue weighted by molar-refractivity contribution is 5.51. The number of nitriles is 1. The van der Waals surface area contributed by atoms with E-state index >= 15 is 0 Å². The number of ether oxygens (including phenoxy) is 1. The summed E-state index contributed by atoms with van der Waals surface area (Å²) in [5.74, 6) is 0.356. The molecule has 0 fully saturated rings. The van der Waals surface area contributed by atoms with Gasteiger partial charge in [0, 0.05) is 6.07 Å². The van der Waals surface area contributed by atoms with Crippen LogP contribution in [0.3, 0.4) is 0 Å². The maximum absolute atomic E-state index is 9.85. The molecule has 0 radical (unpaired) electrons. The van der Waals surface area contributed by atoms with Crippen molar-refractivity contribution >= 4 is 11.8 Å². The molecule has 1 rings (SSSR count). The molecule has 0 aliphatic carbocycles. The normalized spacial score (nSPS) is 7.92. The van der Waals surface area contributed by atoms with E-state index in [1.807, 2.05) is 0 Å². The number of carbonyl (C=O) groups excluding carboxylic acids is 1. The summed E-state index contributed by atoms with van der Waals surface area (Å²) < 4.78 is 4.51. The van der Waals surface area contributed by atoms with Crippen LogP contribution in [0, 0.1) is 11.5 Å². The van der Waals surface area contributed by atoms with Crippen molar-refractivity contribution in [3.05, 3.63) is 24.3 Å². The van der Waals surface area contributed by atoms with E-state index < -0.39 is 0 Å². The highest BCUT2D eigenvalue weighted by atomic mass is 16.5. The van der Waals surface area contributed by atoms with Crippen LogP contribution in [0.5, 0.6) is 5.75 Å². The topological polar surface area (TPSA) is 62.4 Å². The predicted octanol–water partition coefficient (Wildman–Crippen LogP) is 1.51. The number of aliphatic imine (C=N–C) groups is 1. The molecule has 4 heteroatoms. The zero-order chi connectivity index (χ0) is 8.81. The molecule has 4 nitrogen and oxygen atoms in total. The summed E-state index contributed by atoms with van der Waals surface area (Å²) in [6, 6.07) is 6.29. The fourth-order valence-corrected chi connectivity index (χ4v) is 0.722. The van der Waals surface area contributed by atoms with Gasteiger partial charge in [0.25, 0.3) is 6.26 Å². The third-order valence-electron chi connectivity index (χ3n) is 1.16. The minimum Gasteiger partial charge on any atom is -0.388 e. The Hall–Kier alpha value is -2.11. The monoisotopic (exact) mass is 160 g/mol. The molecule has 0 aliphatic rings. The molecule has 0 bridgehead atoms. The summed E-state index contributed by atoms with van der Waals surface area (Å²) >= 11 is 0. The van der Waals surface area contributed by atoms with E-state index in [9.17, 15) is 4.79 Å². The van der Waals surface area contributed by atoms with E-state index in [1.54, 1.807) is 18.2 Å². The fraction of sp³-hybridized carbons (Fsp3) is 0. The SMILES string of the molecule is N#COc1cccc(N=C=O)c1. The Morgan fingerprint density at radius 2 is 2.33 bits per heavy atom. The summed E-state index contributed by atoms with van der Waals surface area (Å²) in [6.45, 7) is 0. The first-order valence-corrected chi connectivity index (χ1v) is 3.10. The molecule has 0 aromatic heterocycles. The molecule has 0 N–H and O–H groups in total. The van der Waals surface area contributed by atoms with Gasteiger partial charge in [-0.2, -0.15) is 4.99 Å². The number of benzene rings is 1. The van der Waals surface area contributed by atoms with Crippen molar-refractivity contribution in [1.82, 2.24) is 0 Å². The molecular formula is C8H4N2O2. The van der Waals surface area contributed by atoms with Gasteiger partial charge in [0.05, 0.1) is 5.69 Å². The van der Waals surface area contributed by atoms with Gasteiger partial charge in [-0.15, -0.1) is 5.26 Å². The Morgan fingerprint density at radius 3 is 3.00 bits per heavy atom. The Bertz CT molecular complexity index is 362. The smallest absolute Gasteiger partial charge is 0.292 e. The Morgan fingerprint density at radius 1 is 1.50 bits per heavy atom. The van der Waals surface area contributed by atoms with Gasteiger partial charge in [-0.1, -0.05) is 6.07 Å². The lowest BCUT2D eigenvalue weighted by Crippen LogP contribution is -1.79. The van der Waals surface area contributed by atoms with Crippen molar-refractivity contribution in [2.75, 3.05) is 0 Å². The van der Waals surface area contributed by atoms with Gasteiger partial charge in [-0.25, -0.2) is 4.79 Å². The second-order valence-electron chi connectivity index (χ2n) is 1.89. The van der Waals surface area contributed by atoms with Crippen LogP contribution in [0.15, 0.2) is 29.3 Å². The van der Waals surface area contributed by atoms with Crippen LogP contribution in [0.2, 0.25) is 0 Å². The third-order valence-corrected chi connectivity index (χ3v) is 1.16. The molecule has 12 heavy (non-hydrogen) atoms. The van der Waals surface area contributed by atoms with Crippen molar-refractivity contribution < 1.29 is 9.53 Å². The molecule has 0 atom stereocenters. The maximum Gasteiger partial charge on any atom is 0.292 e. The largest absolute Gasteiger partial charge is 0.388 e. The van der Waals surface area contributed by atoms with E-state index in [0.29, 0.717) is 11.4 Å². The van der Waals surface area contributed by atoms with E-state index in [0.717, 1.165) is 0 Å². The maximum atomic E-state index is 9.85. The van der Waals surface area contributed by atoms with E-state index in [2.05, 4.69) is 9.73 Å². The third kappa shape index (κ3) is 1.94. The zero-order valence-corrected chi connectivity index (χ0v) is 6.02. The van der Waals surface area contributed by atoms with Crippen LogP contribution >= 0.6 is 0 Å². The number of hydrogen-bond donors (Lipinski definition) is 0. The average molecular weight is 160 g/mol. The standard InChI is InChI=1S/C8H4N2O2/c9-5-12-8-3-1-2-7(4-8)10-6-11/h1-4H. The summed E-state index contributed by atoms with van der Waals surface area (Å²) in [4.78, 5) is 13.2. The van der Waals surface area contributed by atoms with Crippen LogP contribution in [0.25, 0.3) is 0 Å². The van der Waals surface area contributed by atoms with Crippen LogP contribution in [0.1, 0.15) is 0 Å². The van der Waals surface area contributed by atoms with Crippen molar-refractivity contribution in [2.45, 2.75) is 0 Å². The van der Waals surface area contributed by atoms with E-state index in [1.165, 1.54) is 18.4 Å². The highest BCUT2D eigenvalue weighted by Gasteiger charge is 1.93. The molecule has 0 aliphatic heterocycles. The highest BCUT2D eigenvalue weighted by Crippen LogP contribution is 2.18. The summed E-state index contributed by atoms with van der Waals surface area (Å²) in [5, 5.41) is 8.16. The van der Waals surface area contributed by atoms with Gasteiger partial charge in [0.2, 0.25) is 6.08 Å². The quantitative estimate of drug-likeness (QED) is 0.374. The van der Waals surface area contributed by atoms with E-state index in [4.69, 9.17) is 5.26 Å². The summed E-state index contributed by atoms with van der Waals surface area (Å²) in [6.07, 6.45) is 2.90. The van der Waals surface area contributed by atoms with Crippen molar-refractivity contribution in [3.63, 3.8) is 0 Å². The van der Waals surface area contributed by atoms with Crippen molar-refractivity contribution in [3.8, 4) is 12.0 Å². The lowest BCUT2D eigenvalue weighted by molar-refractivity contribution is 0.507. The van der Waals surface area contributed by atoms with Gasteiger partial charge in [-0.05, 0) is 12.1 Å². The Kier molecular flexibility index (Phi) is 2.61. The number of isocyanates is 1. The number of nitrogens with zero attached hydrogens (tertiary/aromatic N) is 2. The summed E-state index contributed by atoms with van der Waals surface area (Å²) in [7, 11) is 0. The van der Waals surface area contributed by atoms with Gasteiger partial charge in [0.1, 0.15) is 5.75 Å². The second kappa shape index (κ2) is 3.91. The van der Waals surface area contributed by atoms with Crippen LogP contribution in [0.4, 0.5) is 5.69 Å². The number of rotatable bonds is 2. The zero-order valence-electron chi connectivity index (χ0n) is 6.02. The average Bonchev–Trinajstić information content (AvgIpc) is 2.06.